The number of carbonyl (C=O) groups is 1. The molecule has 1 saturated heterocycles. The van der Waals surface area contributed by atoms with Gasteiger partial charge in [0.05, 0.1) is 4.90 Å². The van der Waals surface area contributed by atoms with Gasteiger partial charge in [-0.2, -0.15) is 4.31 Å². The fourth-order valence-electron chi connectivity index (χ4n) is 4.09. The number of nitrogens with zero attached hydrogens (tertiary/aromatic N) is 2. The first-order chi connectivity index (χ1) is 14.4. The van der Waals surface area contributed by atoms with E-state index < -0.39 is 10.0 Å². The summed E-state index contributed by atoms with van der Waals surface area (Å²) in [5, 5.41) is 0. The van der Waals surface area contributed by atoms with Gasteiger partial charge in [-0.15, -0.1) is 0 Å². The molecule has 1 heterocycles. The highest BCUT2D eigenvalue weighted by atomic mass is 32.2. The first-order valence-electron chi connectivity index (χ1n) is 10.8. The second-order valence-corrected chi connectivity index (χ2v) is 9.95. The van der Waals surface area contributed by atoms with Gasteiger partial charge in [-0.1, -0.05) is 48.5 Å². The SMILES string of the molecule is CCN(Cc1ccccc1)C(=O)CCC1CCN(S(=O)(=O)c2ccccc2C)CC1. The third kappa shape index (κ3) is 5.49. The number of sulfonamides is 1. The van der Waals surface area contributed by atoms with E-state index in [1.165, 1.54) is 0 Å². The molecule has 0 bridgehead atoms. The maximum Gasteiger partial charge on any atom is 0.243 e. The molecule has 0 N–H and O–H groups in total. The van der Waals surface area contributed by atoms with Crippen LogP contribution in [0.3, 0.4) is 0 Å². The summed E-state index contributed by atoms with van der Waals surface area (Å²) in [4.78, 5) is 15.0. The summed E-state index contributed by atoms with van der Waals surface area (Å²) in [5.74, 6) is 0.573. The Labute approximate surface area is 180 Å². The lowest BCUT2D eigenvalue weighted by Crippen LogP contribution is -2.39. The summed E-state index contributed by atoms with van der Waals surface area (Å²) in [6, 6.07) is 17.2. The Morgan fingerprint density at radius 3 is 2.30 bits per heavy atom. The van der Waals surface area contributed by atoms with E-state index in [-0.39, 0.29) is 5.91 Å². The van der Waals surface area contributed by atoms with Crippen LogP contribution in [0.4, 0.5) is 0 Å². The van der Waals surface area contributed by atoms with Crippen LogP contribution in [0.25, 0.3) is 0 Å². The second kappa shape index (κ2) is 10.2. The maximum atomic E-state index is 12.9. The number of aryl methyl sites for hydroxylation is 1. The van der Waals surface area contributed by atoms with E-state index in [9.17, 15) is 13.2 Å². The van der Waals surface area contributed by atoms with Crippen molar-refractivity contribution in [2.24, 2.45) is 5.92 Å². The molecule has 2 aromatic carbocycles. The molecule has 5 nitrogen and oxygen atoms in total. The number of rotatable bonds is 8. The Hall–Kier alpha value is -2.18. The molecule has 6 heteroatoms. The van der Waals surface area contributed by atoms with Gasteiger partial charge in [-0.25, -0.2) is 8.42 Å². The summed E-state index contributed by atoms with van der Waals surface area (Å²) < 4.78 is 27.5. The molecule has 0 aromatic heterocycles. The van der Waals surface area contributed by atoms with Crippen LogP contribution in [0.5, 0.6) is 0 Å². The number of carbonyl (C=O) groups excluding carboxylic acids is 1. The largest absolute Gasteiger partial charge is 0.339 e. The van der Waals surface area contributed by atoms with Gasteiger partial charge in [0.15, 0.2) is 0 Å². The lowest BCUT2D eigenvalue weighted by Gasteiger charge is -2.32. The van der Waals surface area contributed by atoms with E-state index in [0.717, 1.165) is 30.4 Å². The molecule has 2 aromatic rings. The zero-order valence-electron chi connectivity index (χ0n) is 18.0. The van der Waals surface area contributed by atoms with Crippen LogP contribution in [-0.2, 0) is 21.4 Å². The van der Waals surface area contributed by atoms with Crippen molar-refractivity contribution in [3.63, 3.8) is 0 Å². The summed E-state index contributed by atoms with van der Waals surface area (Å²) in [6.07, 6.45) is 2.96. The van der Waals surface area contributed by atoms with Crippen LogP contribution < -0.4 is 0 Å². The van der Waals surface area contributed by atoms with Crippen LogP contribution in [-0.4, -0.2) is 43.2 Å². The molecule has 1 aliphatic rings. The normalized spacial score (nSPS) is 15.8. The Morgan fingerprint density at radius 1 is 1.03 bits per heavy atom. The monoisotopic (exact) mass is 428 g/mol. The first-order valence-corrected chi connectivity index (χ1v) is 12.2. The molecule has 0 spiro atoms. The minimum atomic E-state index is -3.44. The van der Waals surface area contributed by atoms with Gasteiger partial charge in [0.1, 0.15) is 0 Å². The predicted octanol–water partition coefficient (Wildman–Crippen LogP) is 4.22. The predicted molar refractivity (Wildman–Crippen MR) is 119 cm³/mol. The smallest absolute Gasteiger partial charge is 0.243 e. The van der Waals surface area contributed by atoms with Crippen LogP contribution in [0.1, 0.15) is 43.7 Å². The van der Waals surface area contributed by atoms with Crippen LogP contribution in [0, 0.1) is 12.8 Å². The topological polar surface area (TPSA) is 57.7 Å². The van der Waals surface area contributed by atoms with E-state index in [1.54, 1.807) is 16.4 Å². The van der Waals surface area contributed by atoms with Gasteiger partial charge in [0.2, 0.25) is 15.9 Å². The second-order valence-electron chi connectivity index (χ2n) is 8.05. The van der Waals surface area contributed by atoms with Crippen LogP contribution in [0.2, 0.25) is 0 Å². The highest BCUT2D eigenvalue weighted by molar-refractivity contribution is 7.89. The Balaban J connectivity index is 1.50. The fourth-order valence-corrected chi connectivity index (χ4v) is 5.78. The van der Waals surface area contributed by atoms with Crippen molar-refractivity contribution in [1.82, 2.24) is 9.21 Å². The molecule has 30 heavy (non-hydrogen) atoms. The average Bonchev–Trinajstić information content (AvgIpc) is 2.77. The van der Waals surface area contributed by atoms with Gasteiger partial charge in [0.25, 0.3) is 0 Å². The molecule has 162 valence electrons. The van der Waals surface area contributed by atoms with Gasteiger partial charge in [-0.3, -0.25) is 4.79 Å². The molecule has 0 saturated carbocycles. The maximum absolute atomic E-state index is 12.9. The van der Waals surface area contributed by atoms with E-state index in [4.69, 9.17) is 0 Å². The molecule has 1 aliphatic heterocycles. The van der Waals surface area contributed by atoms with Crippen molar-refractivity contribution < 1.29 is 13.2 Å². The van der Waals surface area contributed by atoms with Crippen molar-refractivity contribution in [2.75, 3.05) is 19.6 Å². The summed E-state index contributed by atoms with van der Waals surface area (Å²) >= 11 is 0. The summed E-state index contributed by atoms with van der Waals surface area (Å²) in [6.45, 7) is 6.23. The van der Waals surface area contributed by atoms with Gasteiger partial charge in [0, 0.05) is 32.6 Å². The van der Waals surface area contributed by atoms with Crippen molar-refractivity contribution in [1.29, 1.82) is 0 Å². The minimum Gasteiger partial charge on any atom is -0.339 e. The molecule has 0 atom stereocenters. The average molecular weight is 429 g/mol. The van der Waals surface area contributed by atoms with Gasteiger partial charge >= 0.3 is 0 Å². The molecule has 1 amide bonds. The van der Waals surface area contributed by atoms with Crippen molar-refractivity contribution >= 4 is 15.9 Å². The van der Waals surface area contributed by atoms with Gasteiger partial charge in [-0.05, 0) is 56.2 Å². The third-order valence-corrected chi connectivity index (χ3v) is 8.06. The molecule has 0 unspecified atom stereocenters. The fraction of sp³-hybridized carbons (Fsp3) is 0.458. The number of benzene rings is 2. The molecule has 1 fully saturated rings. The van der Waals surface area contributed by atoms with E-state index in [1.807, 2.05) is 61.2 Å². The first kappa shape index (κ1) is 22.5. The third-order valence-electron chi connectivity index (χ3n) is 6.00. The van der Waals surface area contributed by atoms with E-state index in [0.29, 0.717) is 43.4 Å². The van der Waals surface area contributed by atoms with Crippen molar-refractivity contribution in [3.05, 3.63) is 65.7 Å². The lowest BCUT2D eigenvalue weighted by molar-refractivity contribution is -0.132. The molecule has 3 rings (SSSR count). The zero-order valence-corrected chi connectivity index (χ0v) is 18.8. The molecule has 0 aliphatic carbocycles. The molecular formula is C24H32N2O3S. The van der Waals surface area contributed by atoms with Crippen molar-refractivity contribution in [2.45, 2.75) is 51.0 Å². The highest BCUT2D eigenvalue weighted by Gasteiger charge is 2.30. The molecular weight excluding hydrogens is 396 g/mol. The quantitative estimate of drug-likeness (QED) is 0.632. The van der Waals surface area contributed by atoms with Crippen molar-refractivity contribution in [3.8, 4) is 0 Å². The molecule has 0 radical (unpaired) electrons. The summed E-state index contributed by atoms with van der Waals surface area (Å²) in [7, 11) is -3.44. The van der Waals surface area contributed by atoms with E-state index in [2.05, 4.69) is 0 Å². The Kier molecular flexibility index (Phi) is 7.67. The Bertz CT molecular complexity index is 936. The zero-order chi connectivity index (χ0) is 21.6. The number of amides is 1. The Morgan fingerprint density at radius 2 is 1.67 bits per heavy atom. The van der Waals surface area contributed by atoms with E-state index >= 15 is 0 Å². The van der Waals surface area contributed by atoms with Gasteiger partial charge < -0.3 is 4.90 Å². The number of hydrogen-bond donors (Lipinski definition) is 0. The lowest BCUT2D eigenvalue weighted by atomic mass is 9.93. The minimum absolute atomic E-state index is 0.177. The van der Waals surface area contributed by atoms with Crippen LogP contribution in [0.15, 0.2) is 59.5 Å². The van der Waals surface area contributed by atoms with Crippen LogP contribution >= 0.6 is 0 Å². The highest BCUT2D eigenvalue weighted by Crippen LogP contribution is 2.28. The number of piperidine rings is 1. The number of hydrogen-bond acceptors (Lipinski definition) is 3. The standard InChI is InChI=1S/C24H32N2O3S/c1-3-25(19-22-10-5-4-6-11-22)24(27)14-13-21-15-17-26(18-16-21)30(28,29)23-12-8-7-9-20(23)2/h4-12,21H,3,13-19H2,1-2H3. The summed E-state index contributed by atoms with van der Waals surface area (Å²) in [5.41, 5.74) is 1.92.